The highest BCUT2D eigenvalue weighted by Gasteiger charge is 2.44. The minimum Gasteiger partial charge on any atom is -0.458 e. The smallest absolute Gasteiger partial charge is 0.344 e. The van der Waals surface area contributed by atoms with Gasteiger partial charge in [-0.15, -0.1) is 0 Å². The Balaban J connectivity index is 1.19. The highest BCUT2D eigenvalue weighted by atomic mass is 35.5. The highest BCUT2D eigenvalue weighted by molar-refractivity contribution is 6.33. The fourth-order valence-corrected chi connectivity index (χ4v) is 6.19. The Morgan fingerprint density at radius 1 is 1.02 bits per heavy atom. The van der Waals surface area contributed by atoms with Gasteiger partial charge in [-0.05, 0) is 70.7 Å². The number of piperidine rings is 1. The molecule has 7 nitrogen and oxygen atoms in total. The Labute approximate surface area is 237 Å². The van der Waals surface area contributed by atoms with Crippen LogP contribution in [0.2, 0.25) is 5.02 Å². The zero-order valence-electron chi connectivity index (χ0n) is 22.8. The molecule has 3 fully saturated rings. The van der Waals surface area contributed by atoms with E-state index in [4.69, 9.17) is 25.6 Å². The van der Waals surface area contributed by atoms with Crippen molar-refractivity contribution in [2.24, 2.45) is 0 Å². The lowest BCUT2D eigenvalue weighted by Gasteiger charge is -2.40. The molecule has 2 aliphatic heterocycles. The molecule has 2 saturated heterocycles. The molecule has 40 heavy (non-hydrogen) atoms. The van der Waals surface area contributed by atoms with E-state index in [2.05, 4.69) is 10.1 Å². The summed E-state index contributed by atoms with van der Waals surface area (Å²) in [6, 6.07) is 11.8. The number of fused-ring (bicyclic) bond motifs is 2. The van der Waals surface area contributed by atoms with E-state index >= 15 is 4.39 Å². The zero-order chi connectivity index (χ0) is 28.2. The summed E-state index contributed by atoms with van der Waals surface area (Å²) in [7, 11) is 0. The quantitative estimate of drug-likeness (QED) is 0.289. The SMILES string of the molecule is CC(C)(C)OC(=O)c1ccc(N2[C@@H]3CC[C@H]2C[C@@H](OC(=O)c2c(-c4ccccc4Cl)noc2C2CC2)C3)c(F)c1. The molecular formula is C31H32ClFN2O5. The third-order valence-electron chi connectivity index (χ3n) is 7.82. The van der Waals surface area contributed by atoms with Gasteiger partial charge in [0.15, 0.2) is 5.76 Å². The summed E-state index contributed by atoms with van der Waals surface area (Å²) in [5.74, 6) is -0.743. The molecule has 1 aliphatic carbocycles. The normalized spacial score (nSPS) is 22.3. The fourth-order valence-electron chi connectivity index (χ4n) is 5.97. The van der Waals surface area contributed by atoms with E-state index in [1.165, 1.54) is 6.07 Å². The number of halogens is 2. The Morgan fingerprint density at radius 3 is 2.35 bits per heavy atom. The van der Waals surface area contributed by atoms with Gasteiger partial charge in [0.1, 0.15) is 28.8 Å². The maximum atomic E-state index is 15.3. The van der Waals surface area contributed by atoms with E-state index < -0.39 is 23.4 Å². The molecule has 2 bridgehead atoms. The number of esters is 2. The van der Waals surface area contributed by atoms with Gasteiger partial charge >= 0.3 is 11.9 Å². The van der Waals surface area contributed by atoms with E-state index in [1.807, 2.05) is 18.2 Å². The summed E-state index contributed by atoms with van der Waals surface area (Å²) >= 11 is 6.42. The summed E-state index contributed by atoms with van der Waals surface area (Å²) in [6.07, 6.45) is 4.49. The number of nitrogens with zero attached hydrogens (tertiary/aromatic N) is 2. The van der Waals surface area contributed by atoms with Gasteiger partial charge in [0, 0.05) is 36.4 Å². The summed E-state index contributed by atoms with van der Waals surface area (Å²) in [5, 5.41) is 4.71. The highest BCUT2D eigenvalue weighted by Crippen LogP contribution is 2.46. The molecule has 210 valence electrons. The number of hydrogen-bond acceptors (Lipinski definition) is 7. The second kappa shape index (κ2) is 10.2. The molecule has 3 aromatic rings. The molecule has 0 amide bonds. The van der Waals surface area contributed by atoms with Crippen molar-refractivity contribution in [1.29, 1.82) is 0 Å². The lowest BCUT2D eigenvalue weighted by molar-refractivity contribution is 0.00683. The van der Waals surface area contributed by atoms with Crippen LogP contribution in [0.3, 0.4) is 0 Å². The second-order valence-electron chi connectivity index (χ2n) is 12.0. The molecule has 9 heteroatoms. The molecule has 3 aliphatic rings. The summed E-state index contributed by atoms with van der Waals surface area (Å²) in [4.78, 5) is 28.1. The van der Waals surface area contributed by atoms with Crippen LogP contribution in [0.15, 0.2) is 47.0 Å². The first kappa shape index (κ1) is 26.8. The number of anilines is 1. The Bertz CT molecular complexity index is 1450. The van der Waals surface area contributed by atoms with E-state index in [9.17, 15) is 9.59 Å². The van der Waals surface area contributed by atoms with Crippen LogP contribution in [0, 0.1) is 5.82 Å². The third-order valence-corrected chi connectivity index (χ3v) is 8.15. The average Bonchev–Trinajstić information content (AvgIpc) is 3.58. The van der Waals surface area contributed by atoms with Crippen LogP contribution in [-0.4, -0.2) is 40.9 Å². The largest absolute Gasteiger partial charge is 0.458 e. The Hall–Kier alpha value is -3.39. The van der Waals surface area contributed by atoms with Crippen LogP contribution < -0.4 is 4.90 Å². The van der Waals surface area contributed by atoms with E-state index in [0.717, 1.165) is 25.7 Å². The Morgan fingerprint density at radius 2 is 1.73 bits per heavy atom. The van der Waals surface area contributed by atoms with Gasteiger partial charge in [-0.3, -0.25) is 0 Å². The lowest BCUT2D eigenvalue weighted by atomic mass is 9.98. The predicted octanol–water partition coefficient (Wildman–Crippen LogP) is 7.32. The first-order valence-corrected chi connectivity index (χ1v) is 14.2. The van der Waals surface area contributed by atoms with Crippen LogP contribution in [-0.2, 0) is 9.47 Å². The van der Waals surface area contributed by atoms with Crippen molar-refractivity contribution in [3.05, 3.63) is 70.2 Å². The minimum atomic E-state index is -0.662. The summed E-state index contributed by atoms with van der Waals surface area (Å²) < 4.78 is 32.4. The van der Waals surface area contributed by atoms with Gasteiger partial charge in [-0.2, -0.15) is 0 Å². The summed E-state index contributed by atoms with van der Waals surface area (Å²) in [6.45, 7) is 5.33. The van der Waals surface area contributed by atoms with Crippen LogP contribution in [0.4, 0.5) is 10.1 Å². The number of hydrogen-bond donors (Lipinski definition) is 0. The van der Waals surface area contributed by atoms with E-state index in [1.54, 1.807) is 39.0 Å². The summed E-state index contributed by atoms with van der Waals surface area (Å²) in [5.41, 5.74) is 1.37. The third kappa shape index (κ3) is 5.21. The molecule has 1 aromatic heterocycles. The van der Waals surface area contributed by atoms with Crippen molar-refractivity contribution < 1.29 is 28.0 Å². The van der Waals surface area contributed by atoms with Crippen LogP contribution >= 0.6 is 11.6 Å². The molecule has 1 saturated carbocycles. The number of rotatable bonds is 6. The average molecular weight is 567 g/mol. The molecule has 6 rings (SSSR count). The molecule has 0 unspecified atom stereocenters. The molecule has 3 heterocycles. The molecule has 0 radical (unpaired) electrons. The van der Waals surface area contributed by atoms with Gasteiger partial charge in [0.25, 0.3) is 0 Å². The van der Waals surface area contributed by atoms with Gasteiger partial charge < -0.3 is 18.9 Å². The minimum absolute atomic E-state index is 0.0202. The topological polar surface area (TPSA) is 81.9 Å². The molecule has 0 N–H and O–H groups in total. The van der Waals surface area contributed by atoms with Gasteiger partial charge in [0.05, 0.1) is 16.3 Å². The van der Waals surface area contributed by atoms with Crippen LogP contribution in [0.1, 0.15) is 91.7 Å². The number of ether oxygens (including phenoxy) is 2. The first-order chi connectivity index (χ1) is 19.1. The molecular weight excluding hydrogens is 535 g/mol. The standard InChI is InChI=1S/C31H32ClFN2O5/c1-31(2,3)39-29(36)18-10-13-25(24(33)14-18)35-19-11-12-20(35)16-21(15-19)38-30(37)26-27(22-6-4-5-7-23(22)32)34-40-28(26)17-8-9-17/h4-7,10,13-14,17,19-21H,8-9,11-12,15-16H2,1-3H3/t19-,20+,21+. The van der Waals surface area contributed by atoms with Crippen LogP contribution in [0.5, 0.6) is 0 Å². The fraction of sp³-hybridized carbons (Fsp3) is 0.452. The maximum absolute atomic E-state index is 15.3. The lowest BCUT2D eigenvalue weighted by Crippen LogP contribution is -2.46. The second-order valence-corrected chi connectivity index (χ2v) is 12.4. The predicted molar refractivity (Wildman–Crippen MR) is 148 cm³/mol. The number of aromatic nitrogens is 1. The van der Waals surface area contributed by atoms with Crippen molar-refractivity contribution in [1.82, 2.24) is 5.16 Å². The van der Waals surface area contributed by atoms with Crippen LogP contribution in [0.25, 0.3) is 11.3 Å². The molecule has 2 aromatic carbocycles. The number of benzene rings is 2. The van der Waals surface area contributed by atoms with Crippen molar-refractivity contribution in [2.75, 3.05) is 4.90 Å². The van der Waals surface area contributed by atoms with Crippen molar-refractivity contribution in [2.45, 2.75) is 89.0 Å². The number of carbonyl (C=O) groups is 2. The van der Waals surface area contributed by atoms with Crippen molar-refractivity contribution in [3.8, 4) is 11.3 Å². The van der Waals surface area contributed by atoms with Crippen molar-refractivity contribution in [3.63, 3.8) is 0 Å². The Kier molecular flexibility index (Phi) is 6.85. The van der Waals surface area contributed by atoms with Gasteiger partial charge in [-0.25, -0.2) is 14.0 Å². The van der Waals surface area contributed by atoms with E-state index in [-0.39, 0.29) is 29.7 Å². The molecule has 0 spiro atoms. The molecule has 3 atom stereocenters. The maximum Gasteiger partial charge on any atom is 0.344 e. The monoisotopic (exact) mass is 566 g/mol. The number of carbonyl (C=O) groups excluding carboxylic acids is 2. The van der Waals surface area contributed by atoms with Gasteiger partial charge in [0.2, 0.25) is 0 Å². The zero-order valence-corrected chi connectivity index (χ0v) is 23.5. The van der Waals surface area contributed by atoms with E-state index in [0.29, 0.717) is 46.1 Å². The first-order valence-electron chi connectivity index (χ1n) is 13.9. The van der Waals surface area contributed by atoms with Crippen molar-refractivity contribution >= 4 is 29.2 Å². The van der Waals surface area contributed by atoms with Gasteiger partial charge in [-0.1, -0.05) is 35.0 Å².